The van der Waals surface area contributed by atoms with Crippen LogP contribution in [0.3, 0.4) is 0 Å². The van der Waals surface area contributed by atoms with Gasteiger partial charge in [-0.25, -0.2) is 0 Å². The van der Waals surface area contributed by atoms with Gasteiger partial charge in [-0.2, -0.15) is 0 Å². The average molecular weight is 405 g/mol. The number of hydrogen-bond donors (Lipinski definition) is 0. The Morgan fingerprint density at radius 2 is 1.67 bits per heavy atom. The molecule has 1 heterocycles. The van der Waals surface area contributed by atoms with Crippen molar-refractivity contribution in [1.29, 1.82) is 0 Å². The van der Waals surface area contributed by atoms with E-state index >= 15 is 0 Å². The molecular weight excluding hydrogens is 387 g/mol. The summed E-state index contributed by atoms with van der Waals surface area (Å²) in [5.41, 5.74) is 1.64. The van der Waals surface area contributed by atoms with Crippen molar-refractivity contribution in [3.05, 3.63) is 69.2 Å². The first-order valence-corrected chi connectivity index (χ1v) is 9.27. The van der Waals surface area contributed by atoms with Crippen LogP contribution in [0.1, 0.15) is 39.1 Å². The highest BCUT2D eigenvalue weighted by molar-refractivity contribution is 6.35. The lowest BCUT2D eigenvalue weighted by Crippen LogP contribution is -2.32. The normalized spacial score (nSPS) is 13.1. The summed E-state index contributed by atoms with van der Waals surface area (Å²) in [6, 6.07) is 11.9. The van der Waals surface area contributed by atoms with Gasteiger partial charge in [-0.05, 0) is 36.2 Å². The van der Waals surface area contributed by atoms with Crippen LogP contribution in [0.25, 0.3) is 0 Å². The molecule has 2 aromatic carbocycles. The number of benzene rings is 2. The summed E-state index contributed by atoms with van der Waals surface area (Å²) in [6.45, 7) is 0.579. The third-order valence-corrected chi connectivity index (χ3v) is 5.09. The predicted molar refractivity (Wildman–Crippen MR) is 104 cm³/mol. The van der Waals surface area contributed by atoms with Gasteiger partial charge in [0.1, 0.15) is 0 Å². The van der Waals surface area contributed by atoms with Gasteiger partial charge in [0.15, 0.2) is 0 Å². The van der Waals surface area contributed by atoms with Crippen molar-refractivity contribution in [3.63, 3.8) is 0 Å². The van der Waals surface area contributed by atoms with E-state index in [-0.39, 0.29) is 30.7 Å². The van der Waals surface area contributed by atoms with Crippen LogP contribution in [0.5, 0.6) is 0 Å². The highest BCUT2D eigenvalue weighted by Crippen LogP contribution is 2.24. The average Bonchev–Trinajstić information content (AvgIpc) is 2.89. The second-order valence-corrected chi connectivity index (χ2v) is 7.24. The fourth-order valence-electron chi connectivity index (χ4n) is 3.02. The molecule has 0 fully saturated rings. The standard InChI is InChI=1S/C20H18Cl2N2O3/c1-23(12-13-8-9-14(21)11-17(13)22)18(25)7-4-10-24-19(26)15-5-2-3-6-16(15)20(24)27/h2-3,5-6,8-9,11H,4,7,10,12H2,1H3. The van der Waals surface area contributed by atoms with Crippen molar-refractivity contribution in [1.82, 2.24) is 9.80 Å². The lowest BCUT2D eigenvalue weighted by atomic mass is 10.1. The molecule has 0 radical (unpaired) electrons. The second-order valence-electron chi connectivity index (χ2n) is 6.40. The van der Waals surface area contributed by atoms with E-state index in [9.17, 15) is 14.4 Å². The minimum absolute atomic E-state index is 0.0855. The lowest BCUT2D eigenvalue weighted by molar-refractivity contribution is -0.130. The van der Waals surface area contributed by atoms with Crippen LogP contribution in [0.4, 0.5) is 0 Å². The maximum absolute atomic E-state index is 12.3. The van der Waals surface area contributed by atoms with Gasteiger partial charge in [0.05, 0.1) is 11.1 Å². The number of nitrogens with zero attached hydrogens (tertiary/aromatic N) is 2. The van der Waals surface area contributed by atoms with Crippen LogP contribution in [-0.2, 0) is 11.3 Å². The Morgan fingerprint density at radius 3 is 2.26 bits per heavy atom. The number of carbonyl (C=O) groups excluding carboxylic acids is 3. The quantitative estimate of drug-likeness (QED) is 0.682. The molecular formula is C20H18Cl2N2O3. The molecule has 0 aromatic heterocycles. The first kappa shape index (κ1) is 19.4. The van der Waals surface area contributed by atoms with Gasteiger partial charge < -0.3 is 4.90 Å². The van der Waals surface area contributed by atoms with Gasteiger partial charge in [-0.1, -0.05) is 41.4 Å². The molecule has 0 N–H and O–H groups in total. The summed E-state index contributed by atoms with van der Waals surface area (Å²) < 4.78 is 0. The zero-order valence-corrected chi connectivity index (χ0v) is 16.3. The molecule has 3 amide bonds. The maximum atomic E-state index is 12.3. The van der Waals surface area contributed by atoms with Crippen molar-refractivity contribution in [2.24, 2.45) is 0 Å². The first-order chi connectivity index (χ1) is 12.9. The molecule has 3 rings (SSSR count). The van der Waals surface area contributed by atoms with Gasteiger partial charge in [0, 0.05) is 36.6 Å². The first-order valence-electron chi connectivity index (χ1n) is 8.51. The van der Waals surface area contributed by atoms with Crippen molar-refractivity contribution < 1.29 is 14.4 Å². The molecule has 5 nitrogen and oxygen atoms in total. The van der Waals surface area contributed by atoms with Crippen LogP contribution < -0.4 is 0 Å². The Kier molecular flexibility index (Phi) is 5.82. The predicted octanol–water partition coefficient (Wildman–Crippen LogP) is 4.03. The maximum Gasteiger partial charge on any atom is 0.261 e. The topological polar surface area (TPSA) is 57.7 Å². The van der Waals surface area contributed by atoms with Crippen LogP contribution in [0.2, 0.25) is 10.0 Å². The highest BCUT2D eigenvalue weighted by Gasteiger charge is 2.34. The van der Waals surface area contributed by atoms with Gasteiger partial charge >= 0.3 is 0 Å². The summed E-state index contributed by atoms with van der Waals surface area (Å²) >= 11 is 12.0. The largest absolute Gasteiger partial charge is 0.341 e. The third-order valence-electron chi connectivity index (χ3n) is 4.50. The molecule has 1 aliphatic rings. The molecule has 0 bridgehead atoms. The highest BCUT2D eigenvalue weighted by atomic mass is 35.5. The smallest absolute Gasteiger partial charge is 0.261 e. The number of fused-ring (bicyclic) bond motifs is 1. The van der Waals surface area contributed by atoms with Crippen LogP contribution in [0.15, 0.2) is 42.5 Å². The molecule has 140 valence electrons. The summed E-state index contributed by atoms with van der Waals surface area (Å²) in [7, 11) is 1.69. The van der Waals surface area contributed by atoms with Gasteiger partial charge in [-0.15, -0.1) is 0 Å². The zero-order valence-electron chi connectivity index (χ0n) is 14.7. The van der Waals surface area contributed by atoms with Crippen molar-refractivity contribution in [2.45, 2.75) is 19.4 Å². The SMILES string of the molecule is CN(Cc1ccc(Cl)cc1Cl)C(=O)CCCN1C(=O)c2ccccc2C1=O. The Morgan fingerprint density at radius 1 is 1.04 bits per heavy atom. The van der Waals surface area contributed by atoms with Crippen molar-refractivity contribution >= 4 is 40.9 Å². The Bertz CT molecular complexity index is 879. The van der Waals surface area contributed by atoms with Gasteiger partial charge in [0.25, 0.3) is 11.8 Å². The Balaban J connectivity index is 1.52. The van der Waals surface area contributed by atoms with Crippen LogP contribution >= 0.6 is 23.2 Å². The molecule has 0 atom stereocenters. The van der Waals surface area contributed by atoms with E-state index in [4.69, 9.17) is 23.2 Å². The van der Waals surface area contributed by atoms with E-state index in [0.717, 1.165) is 5.56 Å². The zero-order chi connectivity index (χ0) is 19.6. The van der Waals surface area contributed by atoms with Crippen LogP contribution in [0, 0.1) is 0 Å². The van der Waals surface area contributed by atoms with E-state index < -0.39 is 0 Å². The number of carbonyl (C=O) groups is 3. The Labute approximate surface area is 167 Å². The molecule has 0 aliphatic carbocycles. The van der Waals surface area contributed by atoms with E-state index in [1.807, 2.05) is 0 Å². The minimum atomic E-state index is -0.302. The summed E-state index contributed by atoms with van der Waals surface area (Å²) in [5.74, 6) is -0.689. The summed E-state index contributed by atoms with van der Waals surface area (Å²) in [6.07, 6.45) is 0.637. The molecule has 27 heavy (non-hydrogen) atoms. The lowest BCUT2D eigenvalue weighted by Gasteiger charge is -2.19. The van der Waals surface area contributed by atoms with Crippen molar-refractivity contribution in [2.75, 3.05) is 13.6 Å². The fraction of sp³-hybridized carbons (Fsp3) is 0.250. The molecule has 0 unspecified atom stereocenters. The third kappa shape index (κ3) is 4.15. The Hall–Kier alpha value is -2.37. The second kappa shape index (κ2) is 8.11. The number of halogens is 2. The molecule has 7 heteroatoms. The van der Waals surface area contributed by atoms with Crippen molar-refractivity contribution in [3.8, 4) is 0 Å². The van der Waals surface area contributed by atoms with Gasteiger partial charge in [-0.3, -0.25) is 19.3 Å². The number of rotatable bonds is 6. The van der Waals surface area contributed by atoms with E-state index in [1.54, 1.807) is 54.4 Å². The molecule has 1 aliphatic heterocycles. The van der Waals surface area contributed by atoms with Gasteiger partial charge in [0.2, 0.25) is 5.91 Å². The van der Waals surface area contributed by atoms with E-state index in [2.05, 4.69) is 0 Å². The van der Waals surface area contributed by atoms with E-state index in [0.29, 0.717) is 34.1 Å². The monoisotopic (exact) mass is 404 g/mol. The fourth-order valence-corrected chi connectivity index (χ4v) is 3.48. The summed E-state index contributed by atoms with van der Waals surface area (Å²) in [5, 5.41) is 1.05. The molecule has 0 spiro atoms. The molecule has 0 saturated heterocycles. The molecule has 2 aromatic rings. The number of imide groups is 1. The summed E-state index contributed by atoms with van der Waals surface area (Å²) in [4.78, 5) is 39.7. The molecule has 0 saturated carbocycles. The number of hydrogen-bond acceptors (Lipinski definition) is 3. The minimum Gasteiger partial charge on any atom is -0.341 e. The van der Waals surface area contributed by atoms with E-state index in [1.165, 1.54) is 4.90 Å². The van der Waals surface area contributed by atoms with Crippen LogP contribution in [-0.4, -0.2) is 41.1 Å². The number of amides is 3.